The Morgan fingerprint density at radius 2 is 1.93 bits per heavy atom. The van der Waals surface area contributed by atoms with Crippen molar-refractivity contribution in [1.82, 2.24) is 0 Å². The van der Waals surface area contributed by atoms with Gasteiger partial charge in [-0.05, 0) is 62.4 Å². The van der Waals surface area contributed by atoms with Crippen LogP contribution in [0.4, 0.5) is 4.39 Å². The third-order valence-electron chi connectivity index (χ3n) is 5.83. The molecular weight excluding hydrogens is 341 g/mol. The van der Waals surface area contributed by atoms with Crippen molar-refractivity contribution in [2.75, 3.05) is 13.2 Å². The lowest BCUT2D eigenvalue weighted by molar-refractivity contribution is -0.0976. The number of aliphatic imine (C=N–C) groups is 1. The van der Waals surface area contributed by atoms with Crippen molar-refractivity contribution in [2.45, 2.75) is 50.5 Å². The van der Waals surface area contributed by atoms with Gasteiger partial charge in [0.25, 0.3) is 0 Å². The summed E-state index contributed by atoms with van der Waals surface area (Å²) in [7, 11) is 0. The van der Waals surface area contributed by atoms with Crippen molar-refractivity contribution in [3.8, 4) is 5.75 Å². The molecule has 2 atom stereocenters. The lowest BCUT2D eigenvalue weighted by Gasteiger charge is -2.46. The van der Waals surface area contributed by atoms with Gasteiger partial charge >= 0.3 is 0 Å². The first-order valence-electron chi connectivity index (χ1n) is 9.64. The van der Waals surface area contributed by atoms with Gasteiger partial charge in [-0.25, -0.2) is 4.39 Å². The maximum absolute atomic E-state index is 13.5. The van der Waals surface area contributed by atoms with Crippen LogP contribution >= 0.6 is 0 Å². The molecule has 2 aromatic carbocycles. The maximum Gasteiger partial charge on any atom is 0.124 e. The number of hydrogen-bond acceptors (Lipinski definition) is 3. The highest BCUT2D eigenvalue weighted by atomic mass is 19.1. The third kappa shape index (κ3) is 4.56. The van der Waals surface area contributed by atoms with E-state index in [0.717, 1.165) is 36.8 Å². The molecule has 1 aliphatic heterocycles. The number of hydrogen-bond donors (Lipinski definition) is 1. The zero-order valence-electron chi connectivity index (χ0n) is 16.1. The summed E-state index contributed by atoms with van der Waals surface area (Å²) < 4.78 is 19.5. The SMILES string of the molecule is CC[C@@]1(C)C[C@](CCN=Cc2ccccc2O)(c2ccc(F)cc2)CCO1. The van der Waals surface area contributed by atoms with Gasteiger partial charge < -0.3 is 9.84 Å². The number of ether oxygens (including phenoxy) is 1. The molecule has 3 nitrogen and oxygen atoms in total. The summed E-state index contributed by atoms with van der Waals surface area (Å²) in [5.74, 6) is 0.0240. The van der Waals surface area contributed by atoms with Crippen molar-refractivity contribution in [3.05, 3.63) is 65.5 Å². The number of nitrogens with zero attached hydrogens (tertiary/aromatic N) is 1. The van der Waals surface area contributed by atoms with Crippen LogP contribution in [0.1, 0.15) is 50.7 Å². The summed E-state index contributed by atoms with van der Waals surface area (Å²) in [4.78, 5) is 4.56. The molecule has 0 aliphatic carbocycles. The topological polar surface area (TPSA) is 41.8 Å². The molecule has 0 aromatic heterocycles. The van der Waals surface area contributed by atoms with Crippen LogP contribution in [0.5, 0.6) is 5.75 Å². The van der Waals surface area contributed by atoms with Crippen LogP contribution < -0.4 is 0 Å². The van der Waals surface area contributed by atoms with E-state index in [4.69, 9.17) is 4.74 Å². The molecule has 0 amide bonds. The number of benzene rings is 2. The van der Waals surface area contributed by atoms with Gasteiger partial charge in [-0.3, -0.25) is 4.99 Å². The number of para-hydroxylation sites is 1. The molecule has 0 radical (unpaired) electrons. The van der Waals surface area contributed by atoms with E-state index in [1.54, 1.807) is 30.5 Å². The summed E-state index contributed by atoms with van der Waals surface area (Å²) in [6.07, 6.45) is 5.33. The lowest BCUT2D eigenvalue weighted by atomic mass is 9.66. The van der Waals surface area contributed by atoms with Crippen molar-refractivity contribution in [2.24, 2.45) is 4.99 Å². The second-order valence-electron chi connectivity index (χ2n) is 7.71. The van der Waals surface area contributed by atoms with Crippen LogP contribution in [0.15, 0.2) is 53.5 Å². The fraction of sp³-hybridized carbons (Fsp3) is 0.435. The van der Waals surface area contributed by atoms with E-state index in [0.29, 0.717) is 13.2 Å². The van der Waals surface area contributed by atoms with Crippen molar-refractivity contribution < 1.29 is 14.2 Å². The van der Waals surface area contributed by atoms with Crippen LogP contribution in [-0.2, 0) is 10.2 Å². The Hall–Kier alpha value is -2.20. The quantitative estimate of drug-likeness (QED) is 0.706. The Kier molecular flexibility index (Phi) is 5.95. The van der Waals surface area contributed by atoms with Gasteiger partial charge in [0, 0.05) is 30.3 Å². The highest BCUT2D eigenvalue weighted by molar-refractivity contribution is 5.83. The second kappa shape index (κ2) is 8.22. The van der Waals surface area contributed by atoms with E-state index in [-0.39, 0.29) is 22.6 Å². The van der Waals surface area contributed by atoms with Crippen LogP contribution in [0.2, 0.25) is 0 Å². The monoisotopic (exact) mass is 369 g/mol. The normalized spacial score (nSPS) is 25.7. The maximum atomic E-state index is 13.5. The first-order chi connectivity index (χ1) is 13.0. The molecule has 1 fully saturated rings. The van der Waals surface area contributed by atoms with Crippen LogP contribution in [0.3, 0.4) is 0 Å². The van der Waals surface area contributed by atoms with Crippen molar-refractivity contribution >= 4 is 6.21 Å². The van der Waals surface area contributed by atoms with Crippen LogP contribution in [0.25, 0.3) is 0 Å². The van der Waals surface area contributed by atoms with Crippen LogP contribution in [0, 0.1) is 5.82 Å². The lowest BCUT2D eigenvalue weighted by Crippen LogP contribution is -2.45. The van der Waals surface area contributed by atoms with E-state index < -0.39 is 0 Å². The van der Waals surface area contributed by atoms with Crippen molar-refractivity contribution in [3.63, 3.8) is 0 Å². The average Bonchev–Trinajstić information content (AvgIpc) is 2.67. The van der Waals surface area contributed by atoms with E-state index in [1.165, 1.54) is 0 Å². The minimum atomic E-state index is -0.211. The number of rotatable bonds is 6. The molecule has 0 spiro atoms. The molecular formula is C23H28FNO2. The molecule has 1 N–H and O–H groups in total. The molecule has 0 saturated carbocycles. The molecule has 1 saturated heterocycles. The molecule has 144 valence electrons. The molecule has 1 heterocycles. The molecule has 27 heavy (non-hydrogen) atoms. The predicted octanol–water partition coefficient (Wildman–Crippen LogP) is 5.26. The smallest absolute Gasteiger partial charge is 0.124 e. The van der Waals surface area contributed by atoms with E-state index in [2.05, 4.69) is 18.8 Å². The number of phenols is 1. The summed E-state index contributed by atoms with van der Waals surface area (Å²) in [6.45, 7) is 5.66. The second-order valence-corrected chi connectivity index (χ2v) is 7.71. The molecule has 1 aliphatic rings. The number of phenolic OH excluding ortho intramolecular Hbond substituents is 1. The summed E-state index contributed by atoms with van der Waals surface area (Å²) in [6, 6.07) is 14.1. The van der Waals surface area contributed by atoms with Gasteiger partial charge in [-0.2, -0.15) is 0 Å². The number of aromatic hydroxyl groups is 1. The first kappa shape index (κ1) is 19.6. The largest absolute Gasteiger partial charge is 0.507 e. The first-order valence-corrected chi connectivity index (χ1v) is 9.64. The fourth-order valence-corrected chi connectivity index (χ4v) is 4.02. The van der Waals surface area contributed by atoms with Gasteiger partial charge in [-0.1, -0.05) is 31.2 Å². The predicted molar refractivity (Wildman–Crippen MR) is 107 cm³/mol. The fourth-order valence-electron chi connectivity index (χ4n) is 4.02. The minimum Gasteiger partial charge on any atom is -0.507 e. The summed E-state index contributed by atoms with van der Waals surface area (Å²) in [5.41, 5.74) is 1.63. The Bertz CT molecular complexity index is 789. The standard InChI is InChI=1S/C23H28FNO2/c1-3-22(2)17-23(13-15-27-22,19-8-10-20(24)11-9-19)12-14-25-16-18-6-4-5-7-21(18)26/h4-11,16,26H,3,12-15,17H2,1-2H3/t22-,23+/m0/s1. The van der Waals surface area contributed by atoms with Crippen LogP contribution in [-0.4, -0.2) is 30.1 Å². The van der Waals surface area contributed by atoms with Gasteiger partial charge in [0.15, 0.2) is 0 Å². The molecule has 4 heteroatoms. The van der Waals surface area contributed by atoms with E-state index in [9.17, 15) is 9.50 Å². The molecule has 0 unspecified atom stereocenters. The minimum absolute atomic E-state index is 0.0766. The molecule has 0 bridgehead atoms. The molecule has 3 rings (SSSR count). The summed E-state index contributed by atoms with van der Waals surface area (Å²) >= 11 is 0. The highest BCUT2D eigenvalue weighted by Crippen LogP contribution is 2.45. The third-order valence-corrected chi connectivity index (χ3v) is 5.83. The number of halogens is 1. The zero-order chi connectivity index (χ0) is 19.3. The Labute approximate surface area is 160 Å². The average molecular weight is 369 g/mol. The van der Waals surface area contributed by atoms with Crippen molar-refractivity contribution in [1.29, 1.82) is 0 Å². The Morgan fingerprint density at radius 1 is 1.19 bits per heavy atom. The van der Waals surface area contributed by atoms with Gasteiger partial charge in [0.05, 0.1) is 5.60 Å². The van der Waals surface area contributed by atoms with E-state index in [1.807, 2.05) is 24.3 Å². The van der Waals surface area contributed by atoms with Gasteiger partial charge in [0.2, 0.25) is 0 Å². The highest BCUT2D eigenvalue weighted by Gasteiger charge is 2.43. The Balaban J connectivity index is 1.80. The summed E-state index contributed by atoms with van der Waals surface area (Å²) in [5, 5.41) is 9.87. The zero-order valence-corrected chi connectivity index (χ0v) is 16.1. The Morgan fingerprint density at radius 3 is 2.63 bits per heavy atom. The van der Waals surface area contributed by atoms with Gasteiger partial charge in [-0.15, -0.1) is 0 Å². The van der Waals surface area contributed by atoms with Gasteiger partial charge in [0.1, 0.15) is 11.6 Å². The molecule has 2 aromatic rings. The van der Waals surface area contributed by atoms with E-state index >= 15 is 0 Å².